The van der Waals surface area contributed by atoms with Crippen molar-refractivity contribution >= 4 is 17.5 Å². The largest absolute Gasteiger partial charge is 0.480 e. The van der Waals surface area contributed by atoms with Crippen LogP contribution in [0.2, 0.25) is 0 Å². The van der Waals surface area contributed by atoms with Crippen molar-refractivity contribution in [3.8, 4) is 0 Å². The Bertz CT molecular complexity index is 573. The third-order valence-electron chi connectivity index (χ3n) is 2.80. The molecule has 0 spiro atoms. The van der Waals surface area contributed by atoms with Gasteiger partial charge in [0.2, 0.25) is 5.91 Å². The summed E-state index contributed by atoms with van der Waals surface area (Å²) in [6.45, 7) is 1.71. The second-order valence-electron chi connectivity index (χ2n) is 4.24. The topological polar surface area (TPSA) is 83.7 Å². The Hall–Kier alpha value is -2.37. The second kappa shape index (κ2) is 5.51. The van der Waals surface area contributed by atoms with E-state index >= 15 is 0 Å². The van der Waals surface area contributed by atoms with Crippen LogP contribution in [0.5, 0.6) is 0 Å². The molecule has 0 fully saturated rings. The Labute approximate surface area is 110 Å². The second-order valence-corrected chi connectivity index (χ2v) is 4.24. The maximum Gasteiger partial charge on any atom is 0.326 e. The van der Waals surface area contributed by atoms with E-state index < -0.39 is 12.0 Å². The molecule has 2 aromatic rings. The fraction of sp³-hybridized carbons (Fsp3) is 0.308. The van der Waals surface area contributed by atoms with E-state index in [4.69, 9.17) is 5.11 Å². The van der Waals surface area contributed by atoms with Gasteiger partial charge in [0.25, 0.3) is 0 Å². The number of carbonyl (C=O) groups excluding carboxylic acids is 1. The molecule has 0 bridgehead atoms. The van der Waals surface area contributed by atoms with Gasteiger partial charge in [-0.2, -0.15) is 0 Å². The van der Waals surface area contributed by atoms with Gasteiger partial charge in [-0.1, -0.05) is 13.0 Å². The monoisotopic (exact) mass is 261 g/mol. The molecule has 1 amide bonds. The molecule has 6 nitrogen and oxygen atoms in total. The molecule has 0 radical (unpaired) electrons. The van der Waals surface area contributed by atoms with Gasteiger partial charge >= 0.3 is 5.97 Å². The zero-order valence-corrected chi connectivity index (χ0v) is 10.5. The number of nitrogens with one attached hydrogen (secondary N) is 1. The minimum atomic E-state index is -1.02. The maximum absolute atomic E-state index is 11.7. The zero-order valence-electron chi connectivity index (χ0n) is 10.5. The predicted octanol–water partition coefficient (Wildman–Crippen LogP) is 0.856. The van der Waals surface area contributed by atoms with Crippen molar-refractivity contribution in [2.75, 3.05) is 0 Å². The van der Waals surface area contributed by atoms with Crippen LogP contribution in [0.25, 0.3) is 5.65 Å². The molecular weight excluding hydrogens is 246 g/mol. The molecular formula is C13H15N3O3. The Morgan fingerprint density at radius 3 is 2.89 bits per heavy atom. The normalized spacial score (nSPS) is 12.3. The van der Waals surface area contributed by atoms with Crippen LogP contribution in [-0.2, 0) is 16.0 Å². The van der Waals surface area contributed by atoms with Gasteiger partial charge in [-0.05, 0) is 18.6 Å². The van der Waals surface area contributed by atoms with Gasteiger partial charge < -0.3 is 14.8 Å². The van der Waals surface area contributed by atoms with E-state index in [1.54, 1.807) is 13.1 Å². The number of amides is 1. The minimum absolute atomic E-state index is 0.0749. The number of fused-ring (bicyclic) bond motifs is 1. The van der Waals surface area contributed by atoms with Gasteiger partial charge in [0.05, 0.1) is 12.1 Å². The standard InChI is InChI=1S/C13H15N3O3/c1-2-10(13(18)19)15-12(17)7-9-8-16-6-4-3-5-11(16)14-9/h3-6,8,10H,2,7H2,1H3,(H,15,17)(H,18,19)/t10-/m1/s1. The molecule has 0 aliphatic heterocycles. The first-order valence-electron chi connectivity index (χ1n) is 6.05. The summed E-state index contributed by atoms with van der Waals surface area (Å²) in [6.07, 6.45) is 4.03. The Morgan fingerprint density at radius 1 is 1.47 bits per heavy atom. The molecule has 2 N–H and O–H groups in total. The average molecular weight is 261 g/mol. The molecule has 0 aliphatic carbocycles. The fourth-order valence-electron chi connectivity index (χ4n) is 1.82. The van der Waals surface area contributed by atoms with Crippen LogP contribution in [0.1, 0.15) is 19.0 Å². The van der Waals surface area contributed by atoms with Gasteiger partial charge in [0, 0.05) is 12.4 Å². The van der Waals surface area contributed by atoms with Crippen molar-refractivity contribution in [1.82, 2.24) is 14.7 Å². The van der Waals surface area contributed by atoms with Crippen molar-refractivity contribution in [1.29, 1.82) is 0 Å². The third kappa shape index (κ3) is 3.09. The number of carbonyl (C=O) groups is 2. The van der Waals surface area contributed by atoms with Crippen LogP contribution in [-0.4, -0.2) is 32.4 Å². The van der Waals surface area contributed by atoms with Crippen molar-refractivity contribution in [2.24, 2.45) is 0 Å². The summed E-state index contributed by atoms with van der Waals surface area (Å²) in [5.74, 6) is -1.36. The molecule has 2 aromatic heterocycles. The number of aliphatic carboxylic acids is 1. The van der Waals surface area contributed by atoms with Crippen LogP contribution in [0.15, 0.2) is 30.6 Å². The fourth-order valence-corrected chi connectivity index (χ4v) is 1.82. The van der Waals surface area contributed by atoms with Crippen LogP contribution >= 0.6 is 0 Å². The molecule has 6 heteroatoms. The van der Waals surface area contributed by atoms with Crippen molar-refractivity contribution in [3.05, 3.63) is 36.3 Å². The summed E-state index contributed by atoms with van der Waals surface area (Å²) in [6, 6.07) is 4.73. The van der Waals surface area contributed by atoms with Crippen molar-refractivity contribution in [2.45, 2.75) is 25.8 Å². The number of nitrogens with zero attached hydrogens (tertiary/aromatic N) is 2. The third-order valence-corrected chi connectivity index (χ3v) is 2.80. The molecule has 2 rings (SSSR count). The van der Waals surface area contributed by atoms with Gasteiger partial charge in [-0.25, -0.2) is 9.78 Å². The summed E-state index contributed by atoms with van der Waals surface area (Å²) >= 11 is 0. The summed E-state index contributed by atoms with van der Waals surface area (Å²) < 4.78 is 1.82. The Balaban J connectivity index is 2.04. The highest BCUT2D eigenvalue weighted by Crippen LogP contribution is 2.05. The summed E-state index contributed by atoms with van der Waals surface area (Å²) in [7, 11) is 0. The molecule has 0 unspecified atom stereocenters. The Kier molecular flexibility index (Phi) is 3.79. The predicted molar refractivity (Wildman–Crippen MR) is 68.8 cm³/mol. The highest BCUT2D eigenvalue weighted by molar-refractivity contribution is 5.84. The summed E-state index contributed by atoms with van der Waals surface area (Å²) in [5.41, 5.74) is 1.37. The lowest BCUT2D eigenvalue weighted by atomic mass is 10.2. The van der Waals surface area contributed by atoms with Crippen LogP contribution in [0, 0.1) is 0 Å². The molecule has 19 heavy (non-hydrogen) atoms. The van der Waals surface area contributed by atoms with Crippen LogP contribution < -0.4 is 5.32 Å². The van der Waals surface area contributed by atoms with E-state index in [2.05, 4.69) is 10.3 Å². The first-order chi connectivity index (χ1) is 9.10. The van der Waals surface area contributed by atoms with E-state index in [1.807, 2.05) is 28.8 Å². The number of hydrogen-bond acceptors (Lipinski definition) is 3. The minimum Gasteiger partial charge on any atom is -0.480 e. The lowest BCUT2D eigenvalue weighted by Gasteiger charge is -2.11. The quantitative estimate of drug-likeness (QED) is 0.836. The van der Waals surface area contributed by atoms with Crippen molar-refractivity contribution in [3.63, 3.8) is 0 Å². The summed E-state index contributed by atoms with van der Waals surface area (Å²) in [4.78, 5) is 26.8. The zero-order chi connectivity index (χ0) is 13.8. The number of aromatic nitrogens is 2. The lowest BCUT2D eigenvalue weighted by molar-refractivity contribution is -0.141. The first kappa shape index (κ1) is 13.1. The number of carboxylic acid groups (broad SMARTS) is 1. The number of hydrogen-bond donors (Lipinski definition) is 2. The average Bonchev–Trinajstić information content (AvgIpc) is 2.77. The highest BCUT2D eigenvalue weighted by atomic mass is 16.4. The molecule has 0 saturated heterocycles. The van der Waals surface area contributed by atoms with Gasteiger partial charge in [0.1, 0.15) is 11.7 Å². The molecule has 2 heterocycles. The van der Waals surface area contributed by atoms with Crippen molar-refractivity contribution < 1.29 is 14.7 Å². The summed E-state index contributed by atoms with van der Waals surface area (Å²) in [5, 5.41) is 11.3. The van der Waals surface area contributed by atoms with Gasteiger partial charge in [-0.3, -0.25) is 4.79 Å². The molecule has 0 aliphatic rings. The molecule has 100 valence electrons. The maximum atomic E-state index is 11.7. The van der Waals surface area contributed by atoms with Gasteiger partial charge in [-0.15, -0.1) is 0 Å². The Morgan fingerprint density at radius 2 is 2.26 bits per heavy atom. The smallest absolute Gasteiger partial charge is 0.326 e. The first-order valence-corrected chi connectivity index (χ1v) is 6.05. The lowest BCUT2D eigenvalue weighted by Crippen LogP contribution is -2.41. The molecule has 1 atom stereocenters. The van der Waals surface area contributed by atoms with Crippen LogP contribution in [0.3, 0.4) is 0 Å². The number of carboxylic acids is 1. The van der Waals surface area contributed by atoms with E-state index in [0.717, 1.165) is 5.65 Å². The number of rotatable bonds is 5. The molecule has 0 saturated carbocycles. The number of pyridine rings is 1. The number of imidazole rings is 1. The van der Waals surface area contributed by atoms with E-state index in [9.17, 15) is 9.59 Å². The SMILES string of the molecule is CC[C@@H](NC(=O)Cc1cn2ccccc2n1)C(=O)O. The van der Waals surface area contributed by atoms with E-state index in [-0.39, 0.29) is 12.3 Å². The van der Waals surface area contributed by atoms with E-state index in [1.165, 1.54) is 0 Å². The van der Waals surface area contributed by atoms with Crippen LogP contribution in [0.4, 0.5) is 0 Å². The molecule has 0 aromatic carbocycles. The van der Waals surface area contributed by atoms with Gasteiger partial charge in [0.15, 0.2) is 0 Å². The highest BCUT2D eigenvalue weighted by Gasteiger charge is 2.18. The van der Waals surface area contributed by atoms with E-state index in [0.29, 0.717) is 12.1 Å².